The zero-order valence-corrected chi connectivity index (χ0v) is 14.1. The molecule has 0 saturated heterocycles. The van der Waals surface area contributed by atoms with Crippen molar-refractivity contribution in [2.75, 3.05) is 0 Å². The van der Waals surface area contributed by atoms with E-state index in [-0.39, 0.29) is 5.41 Å². The third-order valence-corrected chi connectivity index (χ3v) is 4.67. The average Bonchev–Trinajstić information content (AvgIpc) is 2.86. The van der Waals surface area contributed by atoms with Crippen molar-refractivity contribution in [3.8, 4) is 0 Å². The molecule has 2 rings (SSSR count). The molecule has 1 fully saturated rings. The van der Waals surface area contributed by atoms with Gasteiger partial charge in [-0.25, -0.2) is 0 Å². The molecule has 1 heteroatoms. The van der Waals surface area contributed by atoms with Gasteiger partial charge in [-0.1, -0.05) is 58.7 Å². The summed E-state index contributed by atoms with van der Waals surface area (Å²) in [5, 5.41) is 0. The number of benzene rings is 1. The predicted molar refractivity (Wildman–Crippen MR) is 89.7 cm³/mol. The van der Waals surface area contributed by atoms with E-state index >= 15 is 0 Å². The first-order valence-corrected chi connectivity index (χ1v) is 8.57. The predicted octanol–water partition coefficient (Wildman–Crippen LogP) is 5.67. The molecule has 1 aliphatic rings. The van der Waals surface area contributed by atoms with Crippen molar-refractivity contribution in [3.63, 3.8) is 0 Å². The van der Waals surface area contributed by atoms with Crippen LogP contribution >= 0.6 is 0 Å². The Kier molecular flexibility index (Phi) is 5.24. The Morgan fingerprint density at radius 1 is 1.10 bits per heavy atom. The Balaban J connectivity index is 2.24. The minimum absolute atomic E-state index is 0.0787. The Labute approximate surface area is 130 Å². The molecular formula is C20H30O. The van der Waals surface area contributed by atoms with E-state index < -0.39 is 0 Å². The van der Waals surface area contributed by atoms with Crippen LogP contribution in [0.2, 0.25) is 0 Å². The van der Waals surface area contributed by atoms with E-state index in [1.165, 1.54) is 18.4 Å². The molecule has 0 atom stereocenters. The zero-order valence-electron chi connectivity index (χ0n) is 14.1. The lowest BCUT2D eigenvalue weighted by molar-refractivity contribution is 0.0760. The molecule has 1 nitrogen and oxygen atoms in total. The maximum atomic E-state index is 13.1. The topological polar surface area (TPSA) is 17.1 Å². The fourth-order valence-electron chi connectivity index (χ4n) is 3.97. The molecule has 116 valence electrons. The number of carbonyl (C=O) groups is 1. The van der Waals surface area contributed by atoms with Crippen molar-refractivity contribution in [3.05, 3.63) is 35.4 Å². The van der Waals surface area contributed by atoms with Gasteiger partial charge in [-0.2, -0.15) is 0 Å². The van der Waals surface area contributed by atoms with Crippen molar-refractivity contribution in [1.82, 2.24) is 0 Å². The van der Waals surface area contributed by atoms with Crippen LogP contribution in [0.25, 0.3) is 0 Å². The number of hydrogen-bond acceptors (Lipinski definition) is 1. The van der Waals surface area contributed by atoms with Crippen LogP contribution in [0, 0.1) is 17.3 Å². The molecule has 1 aromatic carbocycles. The van der Waals surface area contributed by atoms with Crippen molar-refractivity contribution < 1.29 is 4.79 Å². The Morgan fingerprint density at radius 3 is 2.33 bits per heavy atom. The summed E-state index contributed by atoms with van der Waals surface area (Å²) in [5.41, 5.74) is 2.16. The fourth-order valence-corrected chi connectivity index (χ4v) is 3.97. The molecule has 0 aromatic heterocycles. The van der Waals surface area contributed by atoms with Crippen LogP contribution in [-0.4, -0.2) is 5.78 Å². The number of ketones is 1. The summed E-state index contributed by atoms with van der Waals surface area (Å²) in [5.74, 6) is 1.62. The first kappa shape index (κ1) is 16.3. The second-order valence-corrected chi connectivity index (χ2v) is 7.71. The van der Waals surface area contributed by atoms with Gasteiger partial charge in [0.25, 0.3) is 0 Å². The van der Waals surface area contributed by atoms with Gasteiger partial charge in [-0.15, -0.1) is 0 Å². The van der Waals surface area contributed by atoms with Gasteiger partial charge in [0.2, 0.25) is 0 Å². The lowest BCUT2D eigenvalue weighted by atomic mass is 9.73. The Hall–Kier alpha value is -1.11. The van der Waals surface area contributed by atoms with Gasteiger partial charge in [0.15, 0.2) is 5.78 Å². The SMILES string of the molecule is CC(C)Cc1cccc(C(=O)C2(CC(C)C)CCCC2)c1. The first-order valence-electron chi connectivity index (χ1n) is 8.57. The molecule has 21 heavy (non-hydrogen) atoms. The third kappa shape index (κ3) is 3.96. The maximum absolute atomic E-state index is 13.1. The van der Waals surface area contributed by atoms with E-state index in [1.807, 2.05) is 6.07 Å². The van der Waals surface area contributed by atoms with E-state index in [1.54, 1.807) is 0 Å². The van der Waals surface area contributed by atoms with Gasteiger partial charge < -0.3 is 0 Å². The quantitative estimate of drug-likeness (QED) is 0.615. The molecule has 0 radical (unpaired) electrons. The second kappa shape index (κ2) is 6.77. The zero-order chi connectivity index (χ0) is 15.5. The van der Waals surface area contributed by atoms with E-state index in [2.05, 4.69) is 45.9 Å². The van der Waals surface area contributed by atoms with Crippen LogP contribution in [-0.2, 0) is 6.42 Å². The summed E-state index contributed by atoms with van der Waals surface area (Å²) < 4.78 is 0. The molecule has 0 aliphatic heterocycles. The van der Waals surface area contributed by atoms with E-state index in [0.717, 1.165) is 31.2 Å². The highest BCUT2D eigenvalue weighted by Crippen LogP contribution is 2.45. The summed E-state index contributed by atoms with van der Waals surface area (Å²) in [6.07, 6.45) is 6.68. The summed E-state index contributed by atoms with van der Waals surface area (Å²) in [6, 6.07) is 8.37. The van der Waals surface area contributed by atoms with Crippen LogP contribution in [0.5, 0.6) is 0 Å². The summed E-state index contributed by atoms with van der Waals surface area (Å²) in [6.45, 7) is 8.93. The summed E-state index contributed by atoms with van der Waals surface area (Å²) >= 11 is 0. The first-order chi connectivity index (χ1) is 9.93. The lowest BCUT2D eigenvalue weighted by Crippen LogP contribution is -2.30. The van der Waals surface area contributed by atoms with Crippen molar-refractivity contribution in [2.45, 2.75) is 66.2 Å². The normalized spacial score (nSPS) is 17.6. The molecule has 0 spiro atoms. The highest BCUT2D eigenvalue weighted by molar-refractivity contribution is 6.00. The third-order valence-electron chi connectivity index (χ3n) is 4.67. The van der Waals surface area contributed by atoms with Crippen LogP contribution < -0.4 is 0 Å². The number of rotatable bonds is 6. The van der Waals surface area contributed by atoms with Gasteiger partial charge in [0.1, 0.15) is 0 Å². The van der Waals surface area contributed by atoms with Gasteiger partial charge in [0, 0.05) is 11.0 Å². The molecular weight excluding hydrogens is 256 g/mol. The van der Waals surface area contributed by atoms with Crippen LogP contribution in [0.1, 0.15) is 75.7 Å². The fraction of sp³-hybridized carbons (Fsp3) is 0.650. The number of hydrogen-bond donors (Lipinski definition) is 0. The molecule has 0 heterocycles. The minimum Gasteiger partial charge on any atom is -0.294 e. The van der Waals surface area contributed by atoms with E-state index in [9.17, 15) is 4.79 Å². The molecule has 1 aliphatic carbocycles. The summed E-state index contributed by atoms with van der Waals surface area (Å²) in [7, 11) is 0. The largest absolute Gasteiger partial charge is 0.294 e. The smallest absolute Gasteiger partial charge is 0.169 e. The molecule has 0 bridgehead atoms. The highest BCUT2D eigenvalue weighted by Gasteiger charge is 2.41. The van der Waals surface area contributed by atoms with Gasteiger partial charge in [-0.3, -0.25) is 4.79 Å². The van der Waals surface area contributed by atoms with E-state index in [0.29, 0.717) is 17.6 Å². The van der Waals surface area contributed by atoms with E-state index in [4.69, 9.17) is 0 Å². The Bertz CT molecular complexity index is 478. The minimum atomic E-state index is -0.0787. The van der Waals surface area contributed by atoms with Gasteiger partial charge in [0.05, 0.1) is 0 Å². The standard InChI is InChI=1S/C20H30O/c1-15(2)12-17-8-7-9-18(13-17)19(21)20(14-16(3)4)10-5-6-11-20/h7-9,13,15-16H,5-6,10-12,14H2,1-4H3. The van der Waals surface area contributed by atoms with Crippen LogP contribution in [0.3, 0.4) is 0 Å². The maximum Gasteiger partial charge on any atom is 0.169 e. The lowest BCUT2D eigenvalue weighted by Gasteiger charge is -2.29. The van der Waals surface area contributed by atoms with Gasteiger partial charge in [-0.05, 0) is 49.1 Å². The molecule has 0 N–H and O–H groups in total. The van der Waals surface area contributed by atoms with Crippen molar-refractivity contribution >= 4 is 5.78 Å². The molecule has 0 amide bonds. The monoisotopic (exact) mass is 286 g/mol. The Morgan fingerprint density at radius 2 is 1.76 bits per heavy atom. The van der Waals surface area contributed by atoms with Crippen LogP contribution in [0.4, 0.5) is 0 Å². The van der Waals surface area contributed by atoms with Crippen LogP contribution in [0.15, 0.2) is 24.3 Å². The highest BCUT2D eigenvalue weighted by atomic mass is 16.1. The van der Waals surface area contributed by atoms with Gasteiger partial charge >= 0.3 is 0 Å². The molecule has 0 unspecified atom stereocenters. The average molecular weight is 286 g/mol. The molecule has 1 saturated carbocycles. The summed E-state index contributed by atoms with van der Waals surface area (Å²) in [4.78, 5) is 13.1. The molecule has 1 aromatic rings. The van der Waals surface area contributed by atoms with Crippen molar-refractivity contribution in [2.24, 2.45) is 17.3 Å². The number of carbonyl (C=O) groups excluding carboxylic acids is 1. The number of Topliss-reactive ketones (excluding diaryl/α,β-unsaturated/α-hetero) is 1. The second-order valence-electron chi connectivity index (χ2n) is 7.71. The van der Waals surface area contributed by atoms with Crippen molar-refractivity contribution in [1.29, 1.82) is 0 Å².